The maximum atomic E-state index is 13.8. The van der Waals surface area contributed by atoms with Crippen molar-refractivity contribution >= 4 is 33.3 Å². The van der Waals surface area contributed by atoms with E-state index in [0.717, 1.165) is 11.3 Å². The lowest BCUT2D eigenvalue weighted by atomic mass is 10.1. The first-order valence-electron chi connectivity index (χ1n) is 6.22. The lowest BCUT2D eigenvalue weighted by molar-refractivity contribution is -0.141. The molecular formula is C14H14FNO4S. The zero-order valence-electron chi connectivity index (χ0n) is 11.4. The van der Waals surface area contributed by atoms with Crippen LogP contribution in [0, 0.1) is 12.7 Å². The van der Waals surface area contributed by atoms with E-state index in [0.29, 0.717) is 15.6 Å². The van der Waals surface area contributed by atoms with Crippen molar-refractivity contribution in [3.63, 3.8) is 0 Å². The van der Waals surface area contributed by atoms with Gasteiger partial charge >= 0.3 is 5.97 Å². The molecule has 0 aliphatic carbocycles. The van der Waals surface area contributed by atoms with Crippen molar-refractivity contribution in [1.29, 1.82) is 0 Å². The highest BCUT2D eigenvalue weighted by Crippen LogP contribution is 2.32. The molecule has 1 aromatic carbocycles. The summed E-state index contributed by atoms with van der Waals surface area (Å²) in [5.74, 6) is -2.39. The van der Waals surface area contributed by atoms with E-state index in [1.165, 1.54) is 13.0 Å². The minimum Gasteiger partial charge on any atom is -0.480 e. The highest BCUT2D eigenvalue weighted by atomic mass is 32.1. The van der Waals surface area contributed by atoms with Gasteiger partial charge in [0.25, 0.3) is 5.91 Å². The Morgan fingerprint density at radius 1 is 1.38 bits per heavy atom. The molecule has 1 heterocycles. The third-order valence-corrected chi connectivity index (χ3v) is 4.40. The van der Waals surface area contributed by atoms with Gasteiger partial charge in [-0.25, -0.2) is 9.18 Å². The molecular weight excluding hydrogens is 297 g/mol. The topological polar surface area (TPSA) is 86.6 Å². The number of hydrogen-bond acceptors (Lipinski definition) is 4. The SMILES string of the molecule is Cc1c(C(=O)NC(C(=O)O)C(C)O)sc2cccc(F)c12. The molecule has 0 saturated heterocycles. The Morgan fingerprint density at radius 2 is 2.05 bits per heavy atom. The number of hydrogen-bond donors (Lipinski definition) is 3. The first kappa shape index (κ1) is 15.4. The Kier molecular flexibility index (Phi) is 4.24. The predicted molar refractivity (Wildman–Crippen MR) is 77.1 cm³/mol. The van der Waals surface area contributed by atoms with Crippen LogP contribution in [0.4, 0.5) is 4.39 Å². The summed E-state index contributed by atoms with van der Waals surface area (Å²) in [5.41, 5.74) is 0.459. The van der Waals surface area contributed by atoms with Crippen molar-refractivity contribution in [1.82, 2.24) is 5.32 Å². The molecule has 1 amide bonds. The number of benzene rings is 1. The second-order valence-corrected chi connectivity index (χ2v) is 5.75. The quantitative estimate of drug-likeness (QED) is 0.805. The van der Waals surface area contributed by atoms with E-state index in [2.05, 4.69) is 5.32 Å². The van der Waals surface area contributed by atoms with Gasteiger partial charge in [0.1, 0.15) is 5.82 Å². The van der Waals surface area contributed by atoms with Crippen molar-refractivity contribution in [3.8, 4) is 0 Å². The Morgan fingerprint density at radius 3 is 2.57 bits per heavy atom. The van der Waals surface area contributed by atoms with E-state index in [1.54, 1.807) is 19.1 Å². The van der Waals surface area contributed by atoms with E-state index >= 15 is 0 Å². The molecule has 0 spiro atoms. The fraction of sp³-hybridized carbons (Fsp3) is 0.286. The Balaban J connectivity index is 2.38. The summed E-state index contributed by atoms with van der Waals surface area (Å²) in [6.45, 7) is 2.88. The molecule has 1 aromatic heterocycles. The van der Waals surface area contributed by atoms with Gasteiger partial charge in [-0.3, -0.25) is 4.79 Å². The number of carbonyl (C=O) groups is 2. The molecule has 0 saturated carbocycles. The van der Waals surface area contributed by atoms with E-state index < -0.39 is 29.8 Å². The van der Waals surface area contributed by atoms with Crippen LogP contribution in [0.25, 0.3) is 10.1 Å². The molecule has 0 aliphatic rings. The first-order chi connectivity index (χ1) is 9.82. The van der Waals surface area contributed by atoms with E-state index in [1.807, 2.05) is 0 Å². The third-order valence-electron chi connectivity index (χ3n) is 3.14. The van der Waals surface area contributed by atoms with Gasteiger partial charge < -0.3 is 15.5 Å². The first-order valence-corrected chi connectivity index (χ1v) is 7.04. The van der Waals surface area contributed by atoms with E-state index in [-0.39, 0.29) is 4.88 Å². The Bertz CT molecular complexity index is 710. The van der Waals surface area contributed by atoms with Crippen LogP contribution < -0.4 is 5.32 Å². The summed E-state index contributed by atoms with van der Waals surface area (Å²) in [6.07, 6.45) is -1.24. The minimum absolute atomic E-state index is 0.238. The van der Waals surface area contributed by atoms with Crippen LogP contribution in [0.5, 0.6) is 0 Å². The Hall–Kier alpha value is -1.99. The van der Waals surface area contributed by atoms with Crippen molar-refractivity contribution in [2.45, 2.75) is 26.0 Å². The number of carboxylic acids is 1. The molecule has 2 atom stereocenters. The van der Waals surface area contributed by atoms with Crippen LogP contribution >= 0.6 is 11.3 Å². The number of aliphatic hydroxyl groups excluding tert-OH is 1. The fourth-order valence-electron chi connectivity index (χ4n) is 2.07. The van der Waals surface area contributed by atoms with Crippen molar-refractivity contribution in [2.24, 2.45) is 0 Å². The zero-order valence-corrected chi connectivity index (χ0v) is 12.2. The average molecular weight is 311 g/mol. The van der Waals surface area contributed by atoms with Crippen LogP contribution in [0.3, 0.4) is 0 Å². The number of carboxylic acid groups (broad SMARTS) is 1. The molecule has 2 rings (SSSR count). The minimum atomic E-state index is -1.41. The van der Waals surface area contributed by atoms with E-state index in [4.69, 9.17) is 5.11 Å². The highest BCUT2D eigenvalue weighted by Gasteiger charge is 2.27. The number of amides is 1. The van der Waals surface area contributed by atoms with Crippen molar-refractivity contribution in [2.75, 3.05) is 0 Å². The maximum absolute atomic E-state index is 13.8. The molecule has 0 radical (unpaired) electrons. The molecule has 21 heavy (non-hydrogen) atoms. The summed E-state index contributed by atoms with van der Waals surface area (Å²) >= 11 is 1.08. The lowest BCUT2D eigenvalue weighted by Gasteiger charge is -2.16. The Labute approximate surface area is 124 Å². The number of halogens is 1. The second kappa shape index (κ2) is 5.79. The molecule has 112 valence electrons. The van der Waals surface area contributed by atoms with Crippen LogP contribution in [0.15, 0.2) is 18.2 Å². The third kappa shape index (κ3) is 2.88. The summed E-state index contributed by atoms with van der Waals surface area (Å²) in [4.78, 5) is 23.4. The van der Waals surface area contributed by atoms with Gasteiger partial charge in [-0.15, -0.1) is 11.3 Å². The van der Waals surface area contributed by atoms with Gasteiger partial charge in [0.05, 0.1) is 11.0 Å². The highest BCUT2D eigenvalue weighted by molar-refractivity contribution is 7.21. The van der Waals surface area contributed by atoms with Crippen molar-refractivity contribution < 1.29 is 24.2 Å². The van der Waals surface area contributed by atoms with Gasteiger partial charge in [0, 0.05) is 10.1 Å². The van der Waals surface area contributed by atoms with Crippen molar-refractivity contribution in [3.05, 3.63) is 34.5 Å². The second-order valence-electron chi connectivity index (χ2n) is 4.70. The normalized spacial score (nSPS) is 13.9. The monoisotopic (exact) mass is 311 g/mol. The number of fused-ring (bicyclic) bond motifs is 1. The van der Waals surface area contributed by atoms with Crippen LogP contribution in [-0.4, -0.2) is 34.2 Å². The summed E-state index contributed by atoms with van der Waals surface area (Å²) in [7, 11) is 0. The number of aliphatic hydroxyl groups is 1. The average Bonchev–Trinajstić information content (AvgIpc) is 2.73. The van der Waals surface area contributed by atoms with Gasteiger partial charge in [-0.2, -0.15) is 0 Å². The molecule has 0 bridgehead atoms. The van der Waals surface area contributed by atoms with Crippen LogP contribution in [-0.2, 0) is 4.79 Å². The number of aryl methyl sites for hydroxylation is 1. The number of aliphatic carboxylic acids is 1. The number of rotatable bonds is 4. The smallest absolute Gasteiger partial charge is 0.328 e. The lowest BCUT2D eigenvalue weighted by Crippen LogP contribution is -2.47. The number of nitrogens with one attached hydrogen (secondary N) is 1. The molecule has 0 fully saturated rings. The van der Waals surface area contributed by atoms with Crippen LogP contribution in [0.1, 0.15) is 22.2 Å². The fourth-order valence-corrected chi connectivity index (χ4v) is 3.19. The largest absolute Gasteiger partial charge is 0.480 e. The van der Waals surface area contributed by atoms with Gasteiger partial charge in [-0.05, 0) is 31.5 Å². The van der Waals surface area contributed by atoms with Gasteiger partial charge in [0.15, 0.2) is 6.04 Å². The molecule has 0 aliphatic heterocycles. The molecule has 2 unspecified atom stereocenters. The molecule has 5 nitrogen and oxygen atoms in total. The molecule has 2 aromatic rings. The van der Waals surface area contributed by atoms with Crippen LogP contribution in [0.2, 0.25) is 0 Å². The molecule has 7 heteroatoms. The van der Waals surface area contributed by atoms with Gasteiger partial charge in [0.2, 0.25) is 0 Å². The van der Waals surface area contributed by atoms with E-state index in [9.17, 15) is 19.1 Å². The molecule has 3 N–H and O–H groups in total. The zero-order chi connectivity index (χ0) is 15.7. The van der Waals surface area contributed by atoms with Gasteiger partial charge in [-0.1, -0.05) is 6.07 Å². The number of thiophene rings is 1. The predicted octanol–water partition coefficient (Wildman–Crippen LogP) is 1.91. The standard InChI is InChI=1S/C14H14FNO4S/c1-6-10-8(15)4-3-5-9(10)21-12(6)13(18)16-11(7(2)17)14(19)20/h3-5,7,11,17H,1-2H3,(H,16,18)(H,19,20). The summed E-state index contributed by atoms with van der Waals surface area (Å²) in [6, 6.07) is 3.13. The summed E-state index contributed by atoms with van der Waals surface area (Å²) in [5, 5.41) is 21.0. The number of carbonyl (C=O) groups excluding carboxylic acids is 1. The maximum Gasteiger partial charge on any atom is 0.328 e. The summed E-state index contributed by atoms with van der Waals surface area (Å²) < 4.78 is 14.4.